The summed E-state index contributed by atoms with van der Waals surface area (Å²) in [6.45, 7) is 11.9. The van der Waals surface area contributed by atoms with Crippen LogP contribution in [-0.2, 0) is 16.1 Å². The van der Waals surface area contributed by atoms with Gasteiger partial charge in [-0.25, -0.2) is 4.79 Å². The van der Waals surface area contributed by atoms with E-state index in [0.29, 0.717) is 18.9 Å². The Labute approximate surface area is 236 Å². The highest BCUT2D eigenvalue weighted by Crippen LogP contribution is 2.39. The first-order valence-corrected chi connectivity index (χ1v) is 14.8. The number of hydrogen-bond donors (Lipinski definition) is 0. The second-order valence-electron chi connectivity index (χ2n) is 10.8. The quantitative estimate of drug-likeness (QED) is 0.158. The summed E-state index contributed by atoms with van der Waals surface area (Å²) in [5.74, 6) is 0.369. The highest BCUT2D eigenvalue weighted by atomic mass is 32.2. The van der Waals surface area contributed by atoms with Gasteiger partial charge in [-0.1, -0.05) is 54.6 Å². The first-order valence-electron chi connectivity index (χ1n) is 13.5. The fourth-order valence-corrected chi connectivity index (χ4v) is 5.80. The van der Waals surface area contributed by atoms with Crippen LogP contribution in [0.5, 0.6) is 5.75 Å². The van der Waals surface area contributed by atoms with Gasteiger partial charge < -0.3 is 9.47 Å². The molecular weight excluding hydrogens is 506 g/mol. The van der Waals surface area contributed by atoms with Crippen LogP contribution in [-0.4, -0.2) is 48.2 Å². The molecule has 39 heavy (non-hydrogen) atoms. The molecule has 1 saturated heterocycles. The zero-order chi connectivity index (χ0) is 28.2. The van der Waals surface area contributed by atoms with Gasteiger partial charge in [0.2, 0.25) is 0 Å². The fourth-order valence-electron chi connectivity index (χ4n) is 5.39. The van der Waals surface area contributed by atoms with Crippen LogP contribution < -0.4 is 4.74 Å². The predicted octanol–water partition coefficient (Wildman–Crippen LogP) is 6.84. The number of carbonyl (C=O) groups excluding carboxylic acids is 2. The molecule has 0 saturated carbocycles. The van der Waals surface area contributed by atoms with Crippen LogP contribution in [0.3, 0.4) is 0 Å². The molecule has 0 radical (unpaired) electrons. The van der Waals surface area contributed by atoms with Crippen LogP contribution in [0.1, 0.15) is 59.3 Å². The summed E-state index contributed by atoms with van der Waals surface area (Å²) in [6.07, 6.45) is 2.04. The van der Waals surface area contributed by atoms with Crippen LogP contribution in [0, 0.1) is 19.8 Å². The molecule has 0 aliphatic carbocycles. The van der Waals surface area contributed by atoms with Crippen molar-refractivity contribution in [2.75, 3.05) is 26.0 Å². The van der Waals surface area contributed by atoms with Crippen molar-refractivity contribution in [3.63, 3.8) is 0 Å². The average molecular weight is 546 g/mol. The van der Waals surface area contributed by atoms with Gasteiger partial charge in [0.25, 0.3) is 0 Å². The van der Waals surface area contributed by atoms with Crippen molar-refractivity contribution in [3.8, 4) is 5.75 Å². The van der Waals surface area contributed by atoms with E-state index in [1.807, 2.05) is 50.4 Å². The largest absolute Gasteiger partial charge is 0.476 e. The summed E-state index contributed by atoms with van der Waals surface area (Å²) in [7, 11) is 0. The van der Waals surface area contributed by atoms with Crippen molar-refractivity contribution in [1.29, 1.82) is 0 Å². The zero-order valence-electron chi connectivity index (χ0n) is 23.8. The molecule has 3 aromatic rings. The Balaban J connectivity index is 1.64. The summed E-state index contributed by atoms with van der Waals surface area (Å²) in [5.41, 5.74) is 3.91. The van der Waals surface area contributed by atoms with Crippen molar-refractivity contribution in [2.45, 2.75) is 57.6 Å². The van der Waals surface area contributed by atoms with Crippen LogP contribution in [0.2, 0.25) is 0 Å². The van der Waals surface area contributed by atoms with Crippen molar-refractivity contribution >= 4 is 23.5 Å². The summed E-state index contributed by atoms with van der Waals surface area (Å²) in [5, 5.41) is 0. The summed E-state index contributed by atoms with van der Waals surface area (Å²) in [6, 6.07) is 22.6. The normalized spacial score (nSPS) is 17.7. The molecule has 1 aliphatic heterocycles. The lowest BCUT2D eigenvalue weighted by molar-refractivity contribution is -0.158. The lowest BCUT2D eigenvalue weighted by Crippen LogP contribution is -2.40. The van der Waals surface area contributed by atoms with Gasteiger partial charge in [-0.3, -0.25) is 9.69 Å². The Morgan fingerprint density at radius 2 is 1.62 bits per heavy atom. The number of Topliss-reactive ketones (excluding diaryl/α,β-unsaturated/α-hetero) is 1. The molecule has 0 aromatic heterocycles. The topological polar surface area (TPSA) is 55.8 Å². The third-order valence-corrected chi connectivity index (χ3v) is 8.13. The first kappa shape index (κ1) is 28.9. The van der Waals surface area contributed by atoms with Crippen molar-refractivity contribution < 1.29 is 19.1 Å². The standard InChI is InChI=1S/C33H39NO4S/c1-7-37-32(36)33(4,5)38-31-22(2)17-26(18-23(31)3)28-20-34(19-24-11-9-8-10-12-24)21-29(28)30(35)25-13-15-27(39-6)16-14-25/h8-18,28-29H,7,19-21H2,1-6H3/t28-,29?/m1/s1. The monoisotopic (exact) mass is 545 g/mol. The Morgan fingerprint density at radius 1 is 0.974 bits per heavy atom. The van der Waals surface area contributed by atoms with E-state index in [2.05, 4.69) is 41.3 Å². The minimum atomic E-state index is -1.10. The number of ketones is 1. The number of esters is 1. The average Bonchev–Trinajstić information content (AvgIpc) is 3.34. The fraction of sp³-hybridized carbons (Fsp3) is 0.394. The number of aryl methyl sites for hydroxylation is 2. The number of thioether (sulfide) groups is 1. The van der Waals surface area contributed by atoms with E-state index in [-0.39, 0.29) is 17.6 Å². The number of rotatable bonds is 10. The zero-order valence-corrected chi connectivity index (χ0v) is 24.6. The highest BCUT2D eigenvalue weighted by Gasteiger charge is 2.39. The van der Waals surface area contributed by atoms with Gasteiger partial charge in [-0.05, 0) is 75.3 Å². The third-order valence-electron chi connectivity index (χ3n) is 7.39. The molecule has 1 heterocycles. The van der Waals surface area contributed by atoms with Crippen LogP contribution in [0.4, 0.5) is 0 Å². The molecule has 6 heteroatoms. The van der Waals surface area contributed by atoms with E-state index in [1.165, 1.54) is 5.56 Å². The molecule has 3 aromatic carbocycles. The van der Waals surface area contributed by atoms with Crippen molar-refractivity contribution in [3.05, 3.63) is 94.5 Å². The Kier molecular flexibility index (Phi) is 9.19. The Hall–Kier alpha value is -3.09. The second kappa shape index (κ2) is 12.4. The Bertz CT molecular complexity index is 1280. The lowest BCUT2D eigenvalue weighted by atomic mass is 9.82. The number of hydrogen-bond acceptors (Lipinski definition) is 6. The summed E-state index contributed by atoms with van der Waals surface area (Å²) < 4.78 is 11.4. The van der Waals surface area contributed by atoms with Crippen molar-refractivity contribution in [1.82, 2.24) is 4.90 Å². The Morgan fingerprint density at radius 3 is 2.21 bits per heavy atom. The van der Waals surface area contributed by atoms with E-state index < -0.39 is 11.6 Å². The van der Waals surface area contributed by atoms with Crippen LogP contribution in [0.15, 0.2) is 71.6 Å². The van der Waals surface area contributed by atoms with Crippen molar-refractivity contribution in [2.24, 2.45) is 5.92 Å². The number of carbonyl (C=O) groups is 2. The van der Waals surface area contributed by atoms with Gasteiger partial charge in [0.05, 0.1) is 6.61 Å². The SMILES string of the molecule is CCOC(=O)C(C)(C)Oc1c(C)cc([C@H]2CN(Cc3ccccc3)CC2C(=O)c2ccc(SC)cc2)cc1C. The van der Waals surface area contributed by atoms with E-state index in [1.54, 1.807) is 32.5 Å². The van der Waals surface area contributed by atoms with Gasteiger partial charge >= 0.3 is 5.97 Å². The maximum absolute atomic E-state index is 13.9. The summed E-state index contributed by atoms with van der Waals surface area (Å²) >= 11 is 1.67. The third kappa shape index (κ3) is 6.74. The molecule has 0 amide bonds. The number of nitrogens with zero attached hydrogens (tertiary/aromatic N) is 1. The van der Waals surface area contributed by atoms with Gasteiger partial charge in [0.15, 0.2) is 11.4 Å². The van der Waals surface area contributed by atoms with Gasteiger partial charge in [-0.15, -0.1) is 11.8 Å². The van der Waals surface area contributed by atoms with Crippen LogP contribution in [0.25, 0.3) is 0 Å². The molecule has 4 rings (SSSR count). The van der Waals surface area contributed by atoms with E-state index in [0.717, 1.165) is 40.2 Å². The predicted molar refractivity (Wildman–Crippen MR) is 158 cm³/mol. The van der Waals surface area contributed by atoms with Crippen LogP contribution >= 0.6 is 11.8 Å². The van der Waals surface area contributed by atoms with E-state index in [4.69, 9.17) is 9.47 Å². The van der Waals surface area contributed by atoms with E-state index >= 15 is 0 Å². The minimum Gasteiger partial charge on any atom is -0.476 e. The maximum atomic E-state index is 13.9. The molecule has 5 nitrogen and oxygen atoms in total. The molecule has 0 spiro atoms. The summed E-state index contributed by atoms with van der Waals surface area (Å²) in [4.78, 5) is 29.9. The van der Waals surface area contributed by atoms with Gasteiger partial charge in [0.1, 0.15) is 5.75 Å². The maximum Gasteiger partial charge on any atom is 0.349 e. The first-order chi connectivity index (χ1) is 18.6. The molecule has 0 N–H and O–H groups in total. The molecule has 1 aliphatic rings. The molecule has 1 fully saturated rings. The van der Waals surface area contributed by atoms with E-state index in [9.17, 15) is 9.59 Å². The molecule has 2 atom stereocenters. The highest BCUT2D eigenvalue weighted by molar-refractivity contribution is 7.98. The minimum absolute atomic E-state index is 0.0472. The molecular formula is C33H39NO4S. The smallest absolute Gasteiger partial charge is 0.349 e. The molecule has 0 bridgehead atoms. The van der Waals surface area contributed by atoms with Gasteiger partial charge in [-0.2, -0.15) is 0 Å². The number of benzene rings is 3. The number of likely N-dealkylation sites (tertiary alicyclic amines) is 1. The number of ether oxygens (including phenoxy) is 2. The molecule has 1 unspecified atom stereocenters. The molecule has 206 valence electrons. The second-order valence-corrected chi connectivity index (χ2v) is 11.7. The van der Waals surface area contributed by atoms with Gasteiger partial charge in [0, 0.05) is 41.9 Å². The lowest BCUT2D eigenvalue weighted by Gasteiger charge is -2.27.